The van der Waals surface area contributed by atoms with Crippen molar-refractivity contribution >= 4 is 55.8 Å². The van der Waals surface area contributed by atoms with E-state index >= 15 is 0 Å². The summed E-state index contributed by atoms with van der Waals surface area (Å²) < 4.78 is 5.67. The highest BCUT2D eigenvalue weighted by Crippen LogP contribution is 2.38. The Hall–Kier alpha value is -3.66. The lowest BCUT2D eigenvalue weighted by Gasteiger charge is -2.13. The lowest BCUT2D eigenvalue weighted by Crippen LogP contribution is -2.04. The van der Waals surface area contributed by atoms with Crippen LogP contribution in [0.4, 0.5) is 0 Å². The third kappa shape index (κ3) is 3.37. The molecule has 6 aromatic rings. The van der Waals surface area contributed by atoms with Gasteiger partial charge < -0.3 is 4.42 Å². The number of pyridine rings is 1. The van der Waals surface area contributed by atoms with Gasteiger partial charge in [0, 0.05) is 26.9 Å². The van der Waals surface area contributed by atoms with Gasteiger partial charge in [-0.05, 0) is 53.2 Å². The van der Waals surface area contributed by atoms with Gasteiger partial charge in [0.15, 0.2) is 0 Å². The van der Waals surface area contributed by atoms with E-state index in [1.807, 2.05) is 72.8 Å². The molecule has 0 atom stereocenters. The number of rotatable bonds is 2. The molecule has 5 heteroatoms. The first kappa shape index (κ1) is 20.0. The molecule has 0 saturated carbocycles. The largest absolute Gasteiger partial charge is 0.422 e. The van der Waals surface area contributed by atoms with E-state index < -0.39 is 5.63 Å². The zero-order valence-corrected chi connectivity index (χ0v) is 18.7. The zero-order valence-electron chi connectivity index (χ0n) is 17.2. The molecule has 0 radical (unpaired) electrons. The second-order valence-electron chi connectivity index (χ2n) is 7.85. The zero-order chi connectivity index (χ0) is 22.5. The van der Waals surface area contributed by atoms with Crippen molar-refractivity contribution in [3.05, 3.63) is 111 Å². The molecule has 2 aromatic heterocycles. The van der Waals surface area contributed by atoms with Crippen LogP contribution in [0.2, 0.25) is 10.0 Å². The highest BCUT2D eigenvalue weighted by atomic mass is 35.5. The summed E-state index contributed by atoms with van der Waals surface area (Å²) in [5.74, 6) is 0. The van der Waals surface area contributed by atoms with Crippen LogP contribution < -0.4 is 5.63 Å². The summed E-state index contributed by atoms with van der Waals surface area (Å²) in [6.45, 7) is 0. The number of nitrogens with zero attached hydrogens (tertiary/aromatic N) is 1. The molecule has 0 unspecified atom stereocenters. The molecule has 33 heavy (non-hydrogen) atoms. The molecular weight excluding hydrogens is 453 g/mol. The second kappa shape index (κ2) is 7.73. The molecule has 4 aromatic carbocycles. The molecule has 0 aliphatic carbocycles. The number of fused-ring (bicyclic) bond motifs is 4. The molecule has 0 spiro atoms. The maximum atomic E-state index is 13.1. The van der Waals surface area contributed by atoms with E-state index in [0.717, 1.165) is 38.2 Å². The van der Waals surface area contributed by atoms with Crippen LogP contribution in [-0.4, -0.2) is 4.98 Å². The van der Waals surface area contributed by atoms with Crippen molar-refractivity contribution in [1.82, 2.24) is 4.98 Å². The Bertz CT molecular complexity index is 1770. The SMILES string of the molecule is O=c1oc2ccccc2cc1-c1cc(-c2ccc(Cl)cc2Cl)nc2ccc3ccccc3c12. The third-order valence-electron chi connectivity index (χ3n) is 5.84. The average molecular weight is 468 g/mol. The fourth-order valence-corrected chi connectivity index (χ4v) is 4.81. The Morgan fingerprint density at radius 3 is 2.33 bits per heavy atom. The van der Waals surface area contributed by atoms with E-state index in [9.17, 15) is 4.79 Å². The summed E-state index contributed by atoms with van der Waals surface area (Å²) in [7, 11) is 0. The fraction of sp³-hybridized carbons (Fsp3) is 0. The van der Waals surface area contributed by atoms with E-state index in [4.69, 9.17) is 32.6 Å². The fourth-order valence-electron chi connectivity index (χ4n) is 4.30. The number of benzene rings is 4. The quantitative estimate of drug-likeness (QED) is 0.190. The van der Waals surface area contributed by atoms with Crippen LogP contribution in [0.15, 0.2) is 100 Å². The van der Waals surface area contributed by atoms with Gasteiger partial charge in [-0.2, -0.15) is 0 Å². The minimum Gasteiger partial charge on any atom is -0.422 e. The van der Waals surface area contributed by atoms with Crippen molar-refractivity contribution in [2.75, 3.05) is 0 Å². The standard InChI is InChI=1S/C28H15Cl2NO2/c29-18-10-11-20(23(30)14-18)25-15-21(22-13-17-6-2-4-8-26(17)33-28(22)32)27-19-7-3-1-5-16(19)9-12-24(27)31-25/h1-15H. The van der Waals surface area contributed by atoms with Crippen LogP contribution in [0, 0.1) is 0 Å². The first-order valence-corrected chi connectivity index (χ1v) is 11.2. The Kier molecular flexibility index (Phi) is 4.68. The third-order valence-corrected chi connectivity index (χ3v) is 6.38. The normalized spacial score (nSPS) is 11.5. The summed E-state index contributed by atoms with van der Waals surface area (Å²) in [5, 5.41) is 4.86. The number of para-hydroxylation sites is 1. The van der Waals surface area contributed by atoms with Crippen molar-refractivity contribution < 1.29 is 4.42 Å². The predicted molar refractivity (Wildman–Crippen MR) is 136 cm³/mol. The van der Waals surface area contributed by atoms with Crippen LogP contribution in [0.1, 0.15) is 0 Å². The Morgan fingerprint density at radius 2 is 1.48 bits per heavy atom. The molecule has 6 rings (SSSR count). The Labute approximate surface area is 198 Å². The first-order chi connectivity index (χ1) is 16.1. The van der Waals surface area contributed by atoms with Crippen molar-refractivity contribution in [2.45, 2.75) is 0 Å². The van der Waals surface area contributed by atoms with E-state index in [1.165, 1.54) is 0 Å². The van der Waals surface area contributed by atoms with Gasteiger partial charge in [-0.25, -0.2) is 9.78 Å². The lowest BCUT2D eigenvalue weighted by molar-refractivity contribution is 0.563. The monoisotopic (exact) mass is 467 g/mol. The Balaban J connectivity index is 1.76. The molecule has 2 heterocycles. The summed E-state index contributed by atoms with van der Waals surface area (Å²) in [6, 6.07) is 28.7. The lowest BCUT2D eigenvalue weighted by atomic mass is 9.95. The van der Waals surface area contributed by atoms with Crippen LogP contribution >= 0.6 is 23.2 Å². The van der Waals surface area contributed by atoms with Crippen molar-refractivity contribution in [1.29, 1.82) is 0 Å². The average Bonchev–Trinajstić information content (AvgIpc) is 2.83. The van der Waals surface area contributed by atoms with Gasteiger partial charge in [-0.1, -0.05) is 71.7 Å². The number of halogens is 2. The second-order valence-corrected chi connectivity index (χ2v) is 8.69. The summed E-state index contributed by atoms with van der Waals surface area (Å²) in [4.78, 5) is 18.0. The van der Waals surface area contributed by atoms with Crippen molar-refractivity contribution in [3.63, 3.8) is 0 Å². The minimum atomic E-state index is -0.401. The van der Waals surface area contributed by atoms with Gasteiger partial charge in [0.05, 0.1) is 21.8 Å². The highest BCUT2D eigenvalue weighted by molar-refractivity contribution is 6.36. The maximum absolute atomic E-state index is 13.1. The van der Waals surface area contributed by atoms with Crippen LogP contribution in [-0.2, 0) is 0 Å². The minimum absolute atomic E-state index is 0.401. The number of aromatic nitrogens is 1. The summed E-state index contributed by atoms with van der Waals surface area (Å²) in [5.41, 5.74) is 3.53. The molecule has 158 valence electrons. The van der Waals surface area contributed by atoms with Gasteiger partial charge in [0.25, 0.3) is 0 Å². The van der Waals surface area contributed by atoms with Crippen LogP contribution in [0.5, 0.6) is 0 Å². The summed E-state index contributed by atoms with van der Waals surface area (Å²) >= 11 is 12.6. The van der Waals surface area contributed by atoms with E-state index in [2.05, 4.69) is 0 Å². The molecule has 0 aliphatic heterocycles. The van der Waals surface area contributed by atoms with E-state index in [0.29, 0.717) is 26.9 Å². The number of hydrogen-bond acceptors (Lipinski definition) is 3. The highest BCUT2D eigenvalue weighted by Gasteiger charge is 2.17. The predicted octanol–water partition coefficient (Wildman–Crippen LogP) is 8.14. The molecule has 0 fully saturated rings. The van der Waals surface area contributed by atoms with Crippen LogP contribution in [0.3, 0.4) is 0 Å². The van der Waals surface area contributed by atoms with Gasteiger partial charge in [-0.15, -0.1) is 0 Å². The Morgan fingerprint density at radius 1 is 0.697 bits per heavy atom. The summed E-state index contributed by atoms with van der Waals surface area (Å²) in [6.07, 6.45) is 0. The van der Waals surface area contributed by atoms with E-state index in [1.54, 1.807) is 18.2 Å². The van der Waals surface area contributed by atoms with Gasteiger partial charge in [-0.3, -0.25) is 0 Å². The van der Waals surface area contributed by atoms with Crippen molar-refractivity contribution in [3.8, 4) is 22.4 Å². The molecule has 0 bridgehead atoms. The molecule has 0 amide bonds. The van der Waals surface area contributed by atoms with Gasteiger partial charge in [0.1, 0.15) is 5.58 Å². The molecular formula is C28H15Cl2NO2. The molecule has 0 aliphatic rings. The van der Waals surface area contributed by atoms with E-state index in [-0.39, 0.29) is 0 Å². The van der Waals surface area contributed by atoms with Crippen molar-refractivity contribution in [2.24, 2.45) is 0 Å². The molecule has 3 nitrogen and oxygen atoms in total. The molecule has 0 saturated heterocycles. The maximum Gasteiger partial charge on any atom is 0.344 e. The molecule has 0 N–H and O–H groups in total. The smallest absolute Gasteiger partial charge is 0.344 e. The van der Waals surface area contributed by atoms with Gasteiger partial charge in [0.2, 0.25) is 0 Å². The van der Waals surface area contributed by atoms with Crippen LogP contribution in [0.25, 0.3) is 55.0 Å². The van der Waals surface area contributed by atoms with Gasteiger partial charge >= 0.3 is 5.63 Å². The number of hydrogen-bond donors (Lipinski definition) is 0. The topological polar surface area (TPSA) is 43.1 Å². The first-order valence-electron chi connectivity index (χ1n) is 10.4.